The molecule has 0 unspecified atom stereocenters. The number of hydrogen-bond acceptors (Lipinski definition) is 4. The Balaban J connectivity index is 1.87. The molecule has 0 aromatic carbocycles. The molecule has 1 fully saturated rings. The minimum Gasteiger partial charge on any atom is -0.398 e. The molecule has 1 saturated heterocycles. The molecule has 0 bridgehead atoms. The summed E-state index contributed by atoms with van der Waals surface area (Å²) in [5.74, 6) is 0. The molecule has 1 aromatic heterocycles. The highest BCUT2D eigenvalue weighted by Crippen LogP contribution is 2.36. The molecule has 2 aliphatic rings. The van der Waals surface area contributed by atoms with E-state index in [1.807, 2.05) is 38.4 Å². The van der Waals surface area contributed by atoms with Crippen LogP contribution in [-0.2, 0) is 27.2 Å². The minimum absolute atomic E-state index is 0.321. The number of ether oxygens (including phenoxy) is 1. The fraction of sp³-hybridized carbons (Fsp3) is 0.750. The molecule has 0 aliphatic carbocycles. The van der Waals surface area contributed by atoms with Crippen LogP contribution in [0, 0.1) is 0 Å². The van der Waals surface area contributed by atoms with Gasteiger partial charge in [0.05, 0.1) is 42.2 Å². The summed E-state index contributed by atoms with van der Waals surface area (Å²) < 4.78 is 19.4. The fourth-order valence-electron chi connectivity index (χ4n) is 2.19. The second-order valence-electron chi connectivity index (χ2n) is 5.92. The molecule has 6 heteroatoms. The first kappa shape index (κ1) is 12.2. The lowest BCUT2D eigenvalue weighted by atomic mass is 9.85. The smallest absolute Gasteiger partial charge is 0.398 e. The van der Waals surface area contributed by atoms with Crippen molar-refractivity contribution in [1.82, 2.24) is 9.78 Å². The van der Waals surface area contributed by atoms with Crippen molar-refractivity contribution in [3.63, 3.8) is 0 Å². The summed E-state index contributed by atoms with van der Waals surface area (Å²) in [6, 6.07) is 2.02. The Kier molecular flexibility index (Phi) is 2.59. The third kappa shape index (κ3) is 1.79. The molecule has 0 amide bonds. The van der Waals surface area contributed by atoms with Crippen molar-refractivity contribution in [3.8, 4) is 0 Å². The predicted octanol–water partition coefficient (Wildman–Crippen LogP) is 0.712. The summed E-state index contributed by atoms with van der Waals surface area (Å²) >= 11 is 0. The Morgan fingerprint density at radius 1 is 1.22 bits per heavy atom. The van der Waals surface area contributed by atoms with Gasteiger partial charge in [0.15, 0.2) is 0 Å². The summed E-state index contributed by atoms with van der Waals surface area (Å²) in [4.78, 5) is 0. The van der Waals surface area contributed by atoms with Crippen molar-refractivity contribution in [1.29, 1.82) is 0 Å². The second kappa shape index (κ2) is 3.82. The van der Waals surface area contributed by atoms with Crippen LogP contribution in [0.3, 0.4) is 0 Å². The largest absolute Gasteiger partial charge is 0.516 e. The maximum absolute atomic E-state index is 5.99. The topological polar surface area (TPSA) is 45.5 Å². The molecular formula is C12H19BN2O3. The summed E-state index contributed by atoms with van der Waals surface area (Å²) in [6.07, 6.45) is 0. The summed E-state index contributed by atoms with van der Waals surface area (Å²) in [5.41, 5.74) is 1.29. The summed E-state index contributed by atoms with van der Waals surface area (Å²) in [6.45, 7) is 10.3. The average Bonchev–Trinajstić information content (AvgIpc) is 2.78. The highest BCUT2D eigenvalue weighted by Gasteiger charge is 2.52. The number of hydrogen-bond donors (Lipinski definition) is 0. The third-order valence-corrected chi connectivity index (χ3v) is 4.07. The molecule has 3 rings (SSSR count). The molecule has 3 heterocycles. The van der Waals surface area contributed by atoms with Gasteiger partial charge in [-0.05, 0) is 33.8 Å². The SMILES string of the molecule is CC1(C)OB(c2cc3n(n2)CCOC3)OC1(C)C. The normalized spacial score (nSPS) is 25.2. The predicted molar refractivity (Wildman–Crippen MR) is 67.6 cm³/mol. The summed E-state index contributed by atoms with van der Waals surface area (Å²) in [5, 5.41) is 4.55. The standard InChI is InChI=1S/C12H19BN2O3/c1-11(2)12(3,4)18-13(17-11)10-7-9-8-16-6-5-15(9)14-10/h7H,5-6,8H2,1-4H3. The van der Waals surface area contributed by atoms with Crippen molar-refractivity contribution in [2.24, 2.45) is 0 Å². The van der Waals surface area contributed by atoms with Gasteiger partial charge >= 0.3 is 7.12 Å². The number of rotatable bonds is 1. The van der Waals surface area contributed by atoms with Gasteiger partial charge in [0, 0.05) is 0 Å². The van der Waals surface area contributed by atoms with E-state index in [0.29, 0.717) is 6.61 Å². The van der Waals surface area contributed by atoms with Gasteiger partial charge < -0.3 is 14.0 Å². The molecule has 18 heavy (non-hydrogen) atoms. The van der Waals surface area contributed by atoms with Gasteiger partial charge in [0.1, 0.15) is 0 Å². The van der Waals surface area contributed by atoms with Gasteiger partial charge in [-0.2, -0.15) is 5.10 Å². The van der Waals surface area contributed by atoms with Crippen LogP contribution in [-0.4, -0.2) is 34.7 Å². The van der Waals surface area contributed by atoms with Gasteiger partial charge in [-0.25, -0.2) is 0 Å². The van der Waals surface area contributed by atoms with Gasteiger partial charge in [0.2, 0.25) is 0 Å². The molecule has 1 aromatic rings. The first-order valence-corrected chi connectivity index (χ1v) is 6.39. The van der Waals surface area contributed by atoms with Gasteiger partial charge in [-0.3, -0.25) is 4.68 Å². The van der Waals surface area contributed by atoms with Gasteiger partial charge in [0.25, 0.3) is 0 Å². The van der Waals surface area contributed by atoms with Crippen LogP contribution in [0.5, 0.6) is 0 Å². The Morgan fingerprint density at radius 2 is 1.89 bits per heavy atom. The Labute approximate surface area is 108 Å². The third-order valence-electron chi connectivity index (χ3n) is 4.07. The summed E-state index contributed by atoms with van der Waals surface area (Å²) in [7, 11) is -0.381. The van der Waals surface area contributed by atoms with Crippen molar-refractivity contribution in [3.05, 3.63) is 11.8 Å². The Hall–Kier alpha value is -0.845. The van der Waals surface area contributed by atoms with Crippen LogP contribution >= 0.6 is 0 Å². The van der Waals surface area contributed by atoms with E-state index in [2.05, 4.69) is 5.10 Å². The lowest BCUT2D eigenvalue weighted by molar-refractivity contribution is 0.00578. The van der Waals surface area contributed by atoms with E-state index in [1.54, 1.807) is 0 Å². The maximum atomic E-state index is 5.99. The number of aromatic nitrogens is 2. The Morgan fingerprint density at radius 3 is 2.50 bits per heavy atom. The quantitative estimate of drug-likeness (QED) is 0.689. The van der Waals surface area contributed by atoms with Crippen LogP contribution in [0.2, 0.25) is 0 Å². The van der Waals surface area contributed by atoms with E-state index >= 15 is 0 Å². The number of fused-ring (bicyclic) bond motifs is 1. The first-order chi connectivity index (χ1) is 8.39. The van der Waals surface area contributed by atoms with Crippen molar-refractivity contribution in [2.45, 2.75) is 52.0 Å². The maximum Gasteiger partial charge on any atom is 0.516 e. The molecular weight excluding hydrogens is 231 g/mol. The van der Waals surface area contributed by atoms with Crippen LogP contribution in [0.4, 0.5) is 0 Å². The number of nitrogens with zero attached hydrogens (tertiary/aromatic N) is 2. The lowest BCUT2D eigenvalue weighted by Gasteiger charge is -2.32. The fourth-order valence-corrected chi connectivity index (χ4v) is 2.19. The minimum atomic E-state index is -0.381. The van der Waals surface area contributed by atoms with Crippen LogP contribution in [0.25, 0.3) is 0 Å². The van der Waals surface area contributed by atoms with E-state index in [0.717, 1.165) is 24.4 Å². The monoisotopic (exact) mass is 250 g/mol. The highest BCUT2D eigenvalue weighted by atomic mass is 16.7. The lowest BCUT2D eigenvalue weighted by Crippen LogP contribution is -2.41. The molecule has 0 N–H and O–H groups in total. The molecule has 5 nitrogen and oxygen atoms in total. The van der Waals surface area contributed by atoms with Crippen molar-refractivity contribution in [2.75, 3.05) is 6.61 Å². The van der Waals surface area contributed by atoms with Gasteiger partial charge in [-0.15, -0.1) is 0 Å². The zero-order valence-corrected chi connectivity index (χ0v) is 11.4. The van der Waals surface area contributed by atoms with Crippen LogP contribution < -0.4 is 5.59 Å². The first-order valence-electron chi connectivity index (χ1n) is 6.39. The van der Waals surface area contributed by atoms with E-state index in [9.17, 15) is 0 Å². The van der Waals surface area contributed by atoms with Crippen LogP contribution in [0.15, 0.2) is 6.07 Å². The molecule has 0 saturated carbocycles. The molecule has 2 aliphatic heterocycles. The zero-order chi connectivity index (χ0) is 13.0. The van der Waals surface area contributed by atoms with E-state index < -0.39 is 0 Å². The molecule has 0 atom stereocenters. The van der Waals surface area contributed by atoms with Crippen molar-refractivity contribution >= 4 is 12.7 Å². The second-order valence-corrected chi connectivity index (χ2v) is 5.92. The average molecular weight is 250 g/mol. The van der Waals surface area contributed by atoms with Crippen LogP contribution in [0.1, 0.15) is 33.4 Å². The molecule has 98 valence electrons. The zero-order valence-electron chi connectivity index (χ0n) is 11.4. The highest BCUT2D eigenvalue weighted by molar-refractivity contribution is 6.61. The van der Waals surface area contributed by atoms with E-state index in [-0.39, 0.29) is 18.3 Å². The van der Waals surface area contributed by atoms with E-state index in [4.69, 9.17) is 14.0 Å². The molecule has 0 radical (unpaired) electrons. The Bertz CT molecular complexity index is 430. The van der Waals surface area contributed by atoms with Gasteiger partial charge in [-0.1, -0.05) is 0 Å². The molecule has 0 spiro atoms. The van der Waals surface area contributed by atoms with E-state index in [1.165, 1.54) is 0 Å². The van der Waals surface area contributed by atoms with Crippen molar-refractivity contribution < 1.29 is 14.0 Å².